The van der Waals surface area contributed by atoms with E-state index in [9.17, 15) is 5.11 Å². The summed E-state index contributed by atoms with van der Waals surface area (Å²) in [6.07, 6.45) is 1.63. The number of aromatic nitrogens is 1. The molecule has 1 aromatic heterocycles. The van der Waals surface area contributed by atoms with Crippen molar-refractivity contribution in [2.45, 2.75) is 45.8 Å². The van der Waals surface area contributed by atoms with Gasteiger partial charge in [0.1, 0.15) is 5.66 Å². The first kappa shape index (κ1) is 12.3. The number of nitrogens with zero attached hydrogens (tertiary/aromatic N) is 1. The van der Waals surface area contributed by atoms with Crippen LogP contribution in [0.5, 0.6) is 0 Å². The van der Waals surface area contributed by atoms with Crippen molar-refractivity contribution in [3.8, 4) is 0 Å². The molecular weight excluding hydrogens is 193 g/mol. The molecule has 0 aliphatic carbocycles. The molecule has 0 saturated heterocycles. The summed E-state index contributed by atoms with van der Waals surface area (Å²) in [5.41, 5.74) is -0.861. The van der Waals surface area contributed by atoms with Crippen molar-refractivity contribution in [1.82, 2.24) is 4.98 Å². The molecule has 0 aromatic carbocycles. The molecule has 84 valence electrons. The molecule has 1 aromatic rings. The van der Waals surface area contributed by atoms with Crippen molar-refractivity contribution in [2.24, 2.45) is 0 Å². The first-order valence-electron chi connectivity index (χ1n) is 5.00. The Morgan fingerprint density at radius 1 is 1.40 bits per heavy atom. The van der Waals surface area contributed by atoms with Gasteiger partial charge in [-0.1, -0.05) is 0 Å². The molecule has 1 N–H and O–H groups in total. The molecule has 5 heteroatoms. The fourth-order valence-corrected chi connectivity index (χ4v) is 0.900. The molecule has 0 amide bonds. The second-order valence-corrected chi connectivity index (χ2v) is 4.70. The number of hydrogen-bond donors (Lipinski definition) is 1. The molecule has 0 bridgehead atoms. The fourth-order valence-electron chi connectivity index (χ4n) is 0.900. The van der Waals surface area contributed by atoms with E-state index in [0.717, 1.165) is 0 Å². The van der Waals surface area contributed by atoms with Crippen LogP contribution in [-0.2, 0) is 4.65 Å². The van der Waals surface area contributed by atoms with E-state index >= 15 is 0 Å². The minimum absolute atomic E-state index is 0.317. The largest absolute Gasteiger partial charge is 0.453 e. The Balaban J connectivity index is 2.57. The minimum Gasteiger partial charge on any atom is -0.453 e. The quantitative estimate of drug-likeness (QED) is 0.738. The van der Waals surface area contributed by atoms with Crippen LogP contribution in [0.15, 0.2) is 10.6 Å². The lowest BCUT2D eigenvalue weighted by atomic mass is 9.86. The maximum Gasteiger partial charge on any atom is 0.353 e. The average molecular weight is 211 g/mol. The molecule has 15 heavy (non-hydrogen) atoms. The average Bonchev–Trinajstić information content (AvgIpc) is 2.46. The molecule has 0 radical (unpaired) electrons. The highest BCUT2D eigenvalue weighted by atomic mass is 16.5. The van der Waals surface area contributed by atoms with E-state index in [4.69, 9.17) is 9.07 Å². The van der Waals surface area contributed by atoms with Gasteiger partial charge in [0.05, 0.1) is 17.4 Å². The molecule has 0 atom stereocenters. The zero-order chi connectivity index (χ0) is 11.7. The number of hydrogen-bond acceptors (Lipinski definition) is 4. The van der Waals surface area contributed by atoms with Crippen LogP contribution in [-0.4, -0.2) is 28.8 Å². The maximum absolute atomic E-state index is 9.86. The monoisotopic (exact) mass is 211 g/mol. The third-order valence-corrected chi connectivity index (χ3v) is 2.72. The van der Waals surface area contributed by atoms with E-state index in [1.807, 2.05) is 13.8 Å². The lowest BCUT2D eigenvalue weighted by molar-refractivity contribution is -0.0895. The zero-order valence-electron chi connectivity index (χ0n) is 10.00. The van der Waals surface area contributed by atoms with Crippen LogP contribution in [0.4, 0.5) is 0 Å². The molecular formula is C10H18BNO3. The van der Waals surface area contributed by atoms with Crippen LogP contribution in [0, 0.1) is 6.92 Å². The van der Waals surface area contributed by atoms with E-state index in [0.29, 0.717) is 19.0 Å². The van der Waals surface area contributed by atoms with Gasteiger partial charge in [-0.25, -0.2) is 4.98 Å². The van der Waals surface area contributed by atoms with Gasteiger partial charge in [0, 0.05) is 6.92 Å². The fraction of sp³-hybridized carbons (Fsp3) is 0.700. The number of rotatable bonds is 4. The summed E-state index contributed by atoms with van der Waals surface area (Å²) < 4.78 is 10.9. The molecule has 0 fully saturated rings. The van der Waals surface area contributed by atoms with Crippen LogP contribution in [0.25, 0.3) is 0 Å². The zero-order valence-corrected chi connectivity index (χ0v) is 10.00. The highest BCUT2D eigenvalue weighted by molar-refractivity contribution is 6.45. The third kappa shape index (κ3) is 3.07. The number of oxazole rings is 1. The summed E-state index contributed by atoms with van der Waals surface area (Å²) >= 11 is 0. The Labute approximate surface area is 90.9 Å². The van der Waals surface area contributed by atoms with Gasteiger partial charge >= 0.3 is 7.48 Å². The predicted molar refractivity (Wildman–Crippen MR) is 59.5 cm³/mol. The lowest BCUT2D eigenvalue weighted by Gasteiger charge is -2.37. The van der Waals surface area contributed by atoms with Gasteiger partial charge in [0.15, 0.2) is 5.89 Å². The summed E-state index contributed by atoms with van der Waals surface area (Å²) in [7, 11) is 0.317. The van der Waals surface area contributed by atoms with Crippen molar-refractivity contribution in [1.29, 1.82) is 0 Å². The maximum atomic E-state index is 9.86. The molecule has 1 rings (SSSR count). The van der Waals surface area contributed by atoms with Crippen molar-refractivity contribution < 1.29 is 14.2 Å². The molecule has 0 saturated carbocycles. The summed E-state index contributed by atoms with van der Waals surface area (Å²) in [5.74, 6) is 0.620. The molecule has 0 spiro atoms. The Morgan fingerprint density at radius 3 is 2.40 bits per heavy atom. The first-order valence-corrected chi connectivity index (χ1v) is 5.00. The second-order valence-electron chi connectivity index (χ2n) is 4.70. The van der Waals surface area contributed by atoms with E-state index in [-0.39, 0.29) is 0 Å². The van der Waals surface area contributed by atoms with E-state index < -0.39 is 11.2 Å². The van der Waals surface area contributed by atoms with E-state index in [2.05, 4.69) is 4.98 Å². The van der Waals surface area contributed by atoms with Crippen molar-refractivity contribution >= 4 is 13.1 Å². The predicted octanol–water partition coefficient (Wildman–Crippen LogP) is 0.526. The van der Waals surface area contributed by atoms with Crippen molar-refractivity contribution in [2.75, 3.05) is 0 Å². The highest BCUT2D eigenvalue weighted by Crippen LogP contribution is 2.24. The van der Waals surface area contributed by atoms with Gasteiger partial charge in [-0.05, 0) is 27.7 Å². The van der Waals surface area contributed by atoms with Gasteiger partial charge in [-0.3, -0.25) is 0 Å². The van der Waals surface area contributed by atoms with Crippen LogP contribution in [0.1, 0.15) is 33.6 Å². The molecule has 0 aliphatic heterocycles. The lowest BCUT2D eigenvalue weighted by Crippen LogP contribution is -2.49. The molecule has 0 unspecified atom stereocenters. The standard InChI is InChI=1S/C10H18BNO3/c1-7-12-6-8(14-7)11-15-10(4,5)9(2,3)13/h6,11,13H,1-5H3. The van der Waals surface area contributed by atoms with Gasteiger partial charge in [-0.15, -0.1) is 0 Å². The van der Waals surface area contributed by atoms with Crippen LogP contribution >= 0.6 is 0 Å². The molecule has 1 heterocycles. The van der Waals surface area contributed by atoms with Crippen molar-refractivity contribution in [3.05, 3.63) is 12.1 Å². The summed E-state index contributed by atoms with van der Waals surface area (Å²) in [4.78, 5) is 3.97. The number of aliphatic hydroxyl groups is 1. The topological polar surface area (TPSA) is 55.5 Å². The SMILES string of the molecule is Cc1ncc(BOC(C)(C)C(C)(C)O)o1. The Bertz CT molecular complexity index is 328. The van der Waals surface area contributed by atoms with Gasteiger partial charge < -0.3 is 14.2 Å². The minimum atomic E-state index is -0.901. The summed E-state index contributed by atoms with van der Waals surface area (Å²) in [6.45, 7) is 8.91. The van der Waals surface area contributed by atoms with Crippen LogP contribution in [0.2, 0.25) is 0 Å². The van der Waals surface area contributed by atoms with Gasteiger partial charge in [-0.2, -0.15) is 0 Å². The normalized spacial score (nSPS) is 12.9. The van der Waals surface area contributed by atoms with Crippen LogP contribution in [0.3, 0.4) is 0 Å². The summed E-state index contributed by atoms with van der Waals surface area (Å²) in [5, 5.41) is 9.86. The number of aryl methyl sites for hydroxylation is 1. The highest BCUT2D eigenvalue weighted by Gasteiger charge is 2.35. The van der Waals surface area contributed by atoms with Gasteiger partial charge in [0.2, 0.25) is 0 Å². The first-order chi connectivity index (χ1) is 6.72. The van der Waals surface area contributed by atoms with Gasteiger partial charge in [0.25, 0.3) is 0 Å². The Kier molecular flexibility index (Phi) is 3.26. The Morgan fingerprint density at radius 2 is 2.00 bits per heavy atom. The van der Waals surface area contributed by atoms with Crippen LogP contribution < -0.4 is 5.66 Å². The smallest absolute Gasteiger partial charge is 0.353 e. The molecule has 4 nitrogen and oxygen atoms in total. The van der Waals surface area contributed by atoms with Crippen molar-refractivity contribution in [3.63, 3.8) is 0 Å². The Hall–Kier alpha value is -0.805. The van der Waals surface area contributed by atoms with E-state index in [1.165, 1.54) is 0 Å². The third-order valence-electron chi connectivity index (χ3n) is 2.72. The summed E-state index contributed by atoms with van der Waals surface area (Å²) in [6, 6.07) is 0. The van der Waals surface area contributed by atoms with E-state index in [1.54, 1.807) is 27.0 Å². The second kappa shape index (κ2) is 3.98. The molecule has 0 aliphatic rings.